The lowest BCUT2D eigenvalue weighted by atomic mass is 10.0. The Labute approximate surface area is 132 Å². The summed E-state index contributed by atoms with van der Waals surface area (Å²) in [4.78, 5) is 11.8. The van der Waals surface area contributed by atoms with Gasteiger partial charge in [-0.25, -0.2) is 0 Å². The molecule has 0 aliphatic heterocycles. The summed E-state index contributed by atoms with van der Waals surface area (Å²) in [5.74, 6) is 1.40. The van der Waals surface area contributed by atoms with Crippen LogP contribution in [0.25, 0.3) is 0 Å². The van der Waals surface area contributed by atoms with Crippen molar-refractivity contribution in [3.8, 4) is 5.75 Å². The number of anilines is 1. The minimum Gasteiger partial charge on any atom is -0.494 e. The third-order valence-electron chi connectivity index (χ3n) is 3.42. The lowest BCUT2D eigenvalue weighted by molar-refractivity contribution is -0.116. The van der Waals surface area contributed by atoms with Crippen molar-refractivity contribution in [3.63, 3.8) is 0 Å². The Morgan fingerprint density at radius 2 is 1.73 bits per heavy atom. The third kappa shape index (κ3) is 5.24. The van der Waals surface area contributed by atoms with Crippen molar-refractivity contribution < 1.29 is 9.53 Å². The maximum atomic E-state index is 11.8. The second kappa shape index (κ2) is 8.23. The van der Waals surface area contributed by atoms with Gasteiger partial charge < -0.3 is 10.1 Å². The molecule has 2 aromatic rings. The van der Waals surface area contributed by atoms with E-state index in [9.17, 15) is 4.79 Å². The standard InChI is InChI=1S/C19H23NO2/c1-15(2)16-10-12-18(13-11-16)22-14-6-9-19(21)20-17-7-4-3-5-8-17/h3-5,7-8,10-13,15H,6,9,14H2,1-2H3,(H,20,21). The Bertz CT molecular complexity index is 576. The van der Waals surface area contributed by atoms with E-state index in [4.69, 9.17) is 4.74 Å². The molecule has 0 fully saturated rings. The first-order valence-electron chi connectivity index (χ1n) is 7.73. The van der Waals surface area contributed by atoms with Crippen LogP contribution in [0.2, 0.25) is 0 Å². The molecule has 1 amide bonds. The van der Waals surface area contributed by atoms with Crippen molar-refractivity contribution in [2.45, 2.75) is 32.6 Å². The van der Waals surface area contributed by atoms with Crippen LogP contribution in [0.4, 0.5) is 5.69 Å². The normalized spacial score (nSPS) is 10.5. The van der Waals surface area contributed by atoms with Crippen LogP contribution in [0, 0.1) is 0 Å². The average molecular weight is 297 g/mol. The molecule has 0 aromatic heterocycles. The van der Waals surface area contributed by atoms with Crippen molar-refractivity contribution in [1.29, 1.82) is 0 Å². The molecule has 0 saturated carbocycles. The van der Waals surface area contributed by atoms with Crippen LogP contribution in [-0.4, -0.2) is 12.5 Å². The first-order chi connectivity index (χ1) is 10.6. The summed E-state index contributed by atoms with van der Waals surface area (Å²) < 4.78 is 5.66. The van der Waals surface area contributed by atoms with Gasteiger partial charge in [0.05, 0.1) is 6.61 Å². The van der Waals surface area contributed by atoms with E-state index in [-0.39, 0.29) is 5.91 Å². The van der Waals surface area contributed by atoms with E-state index in [0.29, 0.717) is 25.4 Å². The van der Waals surface area contributed by atoms with E-state index >= 15 is 0 Å². The molecule has 0 atom stereocenters. The highest BCUT2D eigenvalue weighted by atomic mass is 16.5. The maximum absolute atomic E-state index is 11.8. The van der Waals surface area contributed by atoms with Gasteiger partial charge in [-0.05, 0) is 42.2 Å². The fraction of sp³-hybridized carbons (Fsp3) is 0.316. The minimum absolute atomic E-state index is 0.0185. The van der Waals surface area contributed by atoms with Crippen LogP contribution >= 0.6 is 0 Å². The van der Waals surface area contributed by atoms with Crippen LogP contribution in [0.5, 0.6) is 5.75 Å². The Balaban J connectivity index is 1.67. The fourth-order valence-corrected chi connectivity index (χ4v) is 2.12. The average Bonchev–Trinajstić information content (AvgIpc) is 2.53. The summed E-state index contributed by atoms with van der Waals surface area (Å²) in [6, 6.07) is 17.6. The summed E-state index contributed by atoms with van der Waals surface area (Å²) in [6.45, 7) is 4.88. The zero-order valence-electron chi connectivity index (χ0n) is 13.2. The number of amides is 1. The molecule has 0 saturated heterocycles. The van der Waals surface area contributed by atoms with Crippen molar-refractivity contribution in [2.24, 2.45) is 0 Å². The number of hydrogen-bond donors (Lipinski definition) is 1. The number of ether oxygens (including phenoxy) is 1. The quantitative estimate of drug-likeness (QED) is 0.758. The van der Waals surface area contributed by atoms with Gasteiger partial charge in [0.25, 0.3) is 0 Å². The zero-order chi connectivity index (χ0) is 15.8. The molecule has 0 radical (unpaired) electrons. The van der Waals surface area contributed by atoms with E-state index in [2.05, 4.69) is 31.3 Å². The lowest BCUT2D eigenvalue weighted by Gasteiger charge is -2.09. The maximum Gasteiger partial charge on any atom is 0.224 e. The third-order valence-corrected chi connectivity index (χ3v) is 3.42. The Morgan fingerprint density at radius 1 is 1.05 bits per heavy atom. The van der Waals surface area contributed by atoms with Gasteiger partial charge in [-0.1, -0.05) is 44.2 Å². The van der Waals surface area contributed by atoms with Gasteiger partial charge in [0, 0.05) is 12.1 Å². The van der Waals surface area contributed by atoms with Crippen LogP contribution in [0.3, 0.4) is 0 Å². The van der Waals surface area contributed by atoms with E-state index in [0.717, 1.165) is 11.4 Å². The van der Waals surface area contributed by atoms with Crippen LogP contribution < -0.4 is 10.1 Å². The first-order valence-corrected chi connectivity index (χ1v) is 7.73. The fourth-order valence-electron chi connectivity index (χ4n) is 2.12. The van der Waals surface area contributed by atoms with Gasteiger partial charge in [0.2, 0.25) is 5.91 Å². The van der Waals surface area contributed by atoms with Crippen LogP contribution in [0.15, 0.2) is 54.6 Å². The number of carbonyl (C=O) groups excluding carboxylic acids is 1. The lowest BCUT2D eigenvalue weighted by Crippen LogP contribution is -2.12. The molecule has 22 heavy (non-hydrogen) atoms. The zero-order valence-corrected chi connectivity index (χ0v) is 13.2. The number of hydrogen-bond acceptors (Lipinski definition) is 2. The second-order valence-corrected chi connectivity index (χ2v) is 5.59. The highest BCUT2D eigenvalue weighted by Gasteiger charge is 2.03. The molecule has 3 heteroatoms. The van der Waals surface area contributed by atoms with Crippen molar-refractivity contribution >= 4 is 11.6 Å². The van der Waals surface area contributed by atoms with Gasteiger partial charge in [-0.3, -0.25) is 4.79 Å². The molecule has 2 aromatic carbocycles. The van der Waals surface area contributed by atoms with Crippen LogP contribution in [-0.2, 0) is 4.79 Å². The van der Waals surface area contributed by atoms with Crippen LogP contribution in [0.1, 0.15) is 38.2 Å². The second-order valence-electron chi connectivity index (χ2n) is 5.59. The molecular weight excluding hydrogens is 274 g/mol. The van der Waals surface area contributed by atoms with Gasteiger partial charge >= 0.3 is 0 Å². The van der Waals surface area contributed by atoms with E-state index < -0.39 is 0 Å². The summed E-state index contributed by atoms with van der Waals surface area (Å²) in [5.41, 5.74) is 2.13. The SMILES string of the molecule is CC(C)c1ccc(OCCCC(=O)Nc2ccccc2)cc1. The summed E-state index contributed by atoms with van der Waals surface area (Å²) in [6.07, 6.45) is 1.16. The van der Waals surface area contributed by atoms with Crippen molar-refractivity contribution in [2.75, 3.05) is 11.9 Å². The summed E-state index contributed by atoms with van der Waals surface area (Å²) in [7, 11) is 0. The number of benzene rings is 2. The smallest absolute Gasteiger partial charge is 0.224 e. The van der Waals surface area contributed by atoms with Crippen molar-refractivity contribution in [1.82, 2.24) is 0 Å². The first kappa shape index (κ1) is 16.1. The highest BCUT2D eigenvalue weighted by Crippen LogP contribution is 2.18. The molecular formula is C19H23NO2. The number of nitrogens with one attached hydrogen (secondary N) is 1. The summed E-state index contributed by atoms with van der Waals surface area (Å²) >= 11 is 0. The largest absolute Gasteiger partial charge is 0.494 e. The number of para-hydroxylation sites is 1. The Hall–Kier alpha value is -2.29. The van der Waals surface area contributed by atoms with Crippen molar-refractivity contribution in [3.05, 3.63) is 60.2 Å². The monoisotopic (exact) mass is 297 g/mol. The number of carbonyl (C=O) groups is 1. The predicted octanol–water partition coefficient (Wildman–Crippen LogP) is 4.61. The van der Waals surface area contributed by atoms with E-state index in [1.54, 1.807) is 0 Å². The number of rotatable bonds is 7. The highest BCUT2D eigenvalue weighted by molar-refractivity contribution is 5.90. The van der Waals surface area contributed by atoms with Gasteiger partial charge in [-0.15, -0.1) is 0 Å². The van der Waals surface area contributed by atoms with Gasteiger partial charge in [-0.2, -0.15) is 0 Å². The summed E-state index contributed by atoms with van der Waals surface area (Å²) in [5, 5.41) is 2.87. The molecule has 3 nitrogen and oxygen atoms in total. The molecule has 0 bridgehead atoms. The molecule has 0 aliphatic carbocycles. The van der Waals surface area contributed by atoms with Gasteiger partial charge in [0.1, 0.15) is 5.75 Å². The molecule has 0 aliphatic rings. The molecule has 0 unspecified atom stereocenters. The van der Waals surface area contributed by atoms with Gasteiger partial charge in [0.15, 0.2) is 0 Å². The molecule has 0 heterocycles. The predicted molar refractivity (Wildman–Crippen MR) is 90.3 cm³/mol. The Morgan fingerprint density at radius 3 is 2.36 bits per heavy atom. The minimum atomic E-state index is 0.0185. The molecule has 116 valence electrons. The Kier molecular flexibility index (Phi) is 6.01. The van der Waals surface area contributed by atoms with E-state index in [1.165, 1.54) is 5.56 Å². The molecule has 2 rings (SSSR count). The van der Waals surface area contributed by atoms with E-state index in [1.807, 2.05) is 42.5 Å². The topological polar surface area (TPSA) is 38.3 Å². The molecule has 1 N–H and O–H groups in total. The molecule has 0 spiro atoms.